The van der Waals surface area contributed by atoms with E-state index < -0.39 is 37.3 Å². The molecule has 0 bridgehead atoms. The Morgan fingerprint density at radius 2 is 1.55 bits per heavy atom. The second kappa shape index (κ2) is 9.65. The fourth-order valence-electron chi connectivity index (χ4n) is 2.29. The maximum Gasteiger partial charge on any atom is 0.186 e. The van der Waals surface area contributed by atoms with E-state index in [0.717, 1.165) is 19.3 Å². The molecule has 0 amide bonds. The first kappa shape index (κ1) is 17.8. The van der Waals surface area contributed by atoms with Gasteiger partial charge in [-0.05, 0) is 6.42 Å². The molecule has 1 aliphatic heterocycles. The van der Waals surface area contributed by atoms with Crippen molar-refractivity contribution in [1.29, 1.82) is 0 Å². The molecule has 0 spiro atoms. The molecule has 5 atom stereocenters. The van der Waals surface area contributed by atoms with Crippen LogP contribution in [-0.4, -0.2) is 64.3 Å². The lowest BCUT2D eigenvalue weighted by Gasteiger charge is -2.39. The van der Waals surface area contributed by atoms with Gasteiger partial charge in [-0.3, -0.25) is 0 Å². The Hall–Kier alpha value is -0.240. The number of unbranched alkanes of at least 4 members (excludes halogenated alkanes) is 5. The normalized spacial score (nSPS) is 34.4. The van der Waals surface area contributed by atoms with Crippen LogP contribution in [0.3, 0.4) is 0 Å². The third kappa shape index (κ3) is 5.27. The Labute approximate surface area is 120 Å². The Bertz CT molecular complexity index is 248. The Balaban J connectivity index is 2.21. The smallest absolute Gasteiger partial charge is 0.186 e. The monoisotopic (exact) mass is 292 g/mol. The van der Waals surface area contributed by atoms with Crippen LogP contribution in [0.5, 0.6) is 0 Å². The van der Waals surface area contributed by atoms with Crippen molar-refractivity contribution in [2.45, 2.75) is 76.2 Å². The molecule has 1 unspecified atom stereocenters. The molecule has 0 aliphatic carbocycles. The molecule has 4 N–H and O–H groups in total. The fourth-order valence-corrected chi connectivity index (χ4v) is 2.29. The zero-order valence-corrected chi connectivity index (χ0v) is 12.1. The van der Waals surface area contributed by atoms with Crippen molar-refractivity contribution in [3.63, 3.8) is 0 Å². The first-order valence-electron chi connectivity index (χ1n) is 7.54. The highest BCUT2D eigenvalue weighted by molar-refractivity contribution is 4.88. The molecular weight excluding hydrogens is 264 g/mol. The number of hydrogen-bond donors (Lipinski definition) is 4. The Kier molecular flexibility index (Phi) is 8.60. The molecule has 0 saturated carbocycles. The fraction of sp³-hybridized carbons (Fsp3) is 1.00. The van der Waals surface area contributed by atoms with E-state index in [-0.39, 0.29) is 0 Å². The summed E-state index contributed by atoms with van der Waals surface area (Å²) >= 11 is 0. The minimum atomic E-state index is -1.37. The molecule has 6 nitrogen and oxygen atoms in total. The summed E-state index contributed by atoms with van der Waals surface area (Å²) in [4.78, 5) is 0. The summed E-state index contributed by atoms with van der Waals surface area (Å²) in [5.41, 5.74) is 0. The second-order valence-electron chi connectivity index (χ2n) is 5.34. The van der Waals surface area contributed by atoms with Crippen LogP contribution in [0.4, 0.5) is 0 Å². The summed E-state index contributed by atoms with van der Waals surface area (Å²) in [5, 5.41) is 38.0. The van der Waals surface area contributed by atoms with Gasteiger partial charge in [0, 0.05) is 6.61 Å². The molecule has 1 aliphatic rings. The van der Waals surface area contributed by atoms with Crippen LogP contribution in [0.25, 0.3) is 0 Å². The third-order valence-electron chi connectivity index (χ3n) is 3.63. The molecule has 6 heteroatoms. The minimum absolute atomic E-state index is 0.425. The van der Waals surface area contributed by atoms with Gasteiger partial charge in [-0.2, -0.15) is 0 Å². The van der Waals surface area contributed by atoms with E-state index in [1.165, 1.54) is 19.3 Å². The quantitative estimate of drug-likeness (QED) is 0.452. The van der Waals surface area contributed by atoms with Gasteiger partial charge >= 0.3 is 0 Å². The molecule has 1 heterocycles. The third-order valence-corrected chi connectivity index (χ3v) is 3.63. The highest BCUT2D eigenvalue weighted by atomic mass is 16.7. The van der Waals surface area contributed by atoms with Gasteiger partial charge in [0.1, 0.15) is 24.4 Å². The highest BCUT2D eigenvalue weighted by Gasteiger charge is 2.43. The first-order valence-corrected chi connectivity index (χ1v) is 7.54. The van der Waals surface area contributed by atoms with E-state index in [1.54, 1.807) is 0 Å². The number of aliphatic hydroxyl groups is 4. The standard InChI is InChI=1S/C14H28O6/c1-2-3-4-5-6-7-8-19-14-13(18)12(17)11(16)10(9-15)20-14/h10-18H,2-9H2,1H3/t10?,11-,12-,13-,14-/m1/s1. The Morgan fingerprint density at radius 1 is 0.900 bits per heavy atom. The van der Waals surface area contributed by atoms with Gasteiger partial charge in [-0.25, -0.2) is 0 Å². The number of hydrogen-bond acceptors (Lipinski definition) is 6. The average Bonchev–Trinajstić information content (AvgIpc) is 2.46. The van der Waals surface area contributed by atoms with Gasteiger partial charge < -0.3 is 29.9 Å². The number of aliphatic hydroxyl groups excluding tert-OH is 4. The van der Waals surface area contributed by atoms with Crippen LogP contribution >= 0.6 is 0 Å². The molecule has 20 heavy (non-hydrogen) atoms. The average molecular weight is 292 g/mol. The summed E-state index contributed by atoms with van der Waals surface area (Å²) < 4.78 is 10.6. The van der Waals surface area contributed by atoms with E-state index in [9.17, 15) is 15.3 Å². The molecule has 0 radical (unpaired) electrons. The summed E-state index contributed by atoms with van der Waals surface area (Å²) in [5.74, 6) is 0. The van der Waals surface area contributed by atoms with E-state index >= 15 is 0 Å². The van der Waals surface area contributed by atoms with Crippen LogP contribution < -0.4 is 0 Å². The largest absolute Gasteiger partial charge is 0.394 e. The van der Waals surface area contributed by atoms with Crippen molar-refractivity contribution < 1.29 is 29.9 Å². The molecule has 0 aromatic rings. The van der Waals surface area contributed by atoms with Crippen molar-refractivity contribution >= 4 is 0 Å². The van der Waals surface area contributed by atoms with Crippen LogP contribution in [0.1, 0.15) is 45.4 Å². The van der Waals surface area contributed by atoms with Gasteiger partial charge in [0.2, 0.25) is 0 Å². The van der Waals surface area contributed by atoms with Crippen molar-refractivity contribution in [3.8, 4) is 0 Å². The molecule has 1 fully saturated rings. The second-order valence-corrected chi connectivity index (χ2v) is 5.34. The summed E-state index contributed by atoms with van der Waals surface area (Å²) in [6.07, 6.45) is 0.851. The SMILES string of the molecule is CCCCCCCCO[C@@H]1OC(CO)[C@@H](O)[C@@H](O)[C@H]1O. The van der Waals surface area contributed by atoms with Crippen LogP contribution in [0.2, 0.25) is 0 Å². The predicted molar refractivity (Wildman–Crippen MR) is 73.1 cm³/mol. The summed E-state index contributed by atoms with van der Waals surface area (Å²) in [7, 11) is 0. The van der Waals surface area contributed by atoms with Crippen LogP contribution in [0.15, 0.2) is 0 Å². The van der Waals surface area contributed by atoms with E-state index in [2.05, 4.69) is 6.92 Å². The Morgan fingerprint density at radius 3 is 2.20 bits per heavy atom. The van der Waals surface area contributed by atoms with E-state index in [4.69, 9.17) is 14.6 Å². The van der Waals surface area contributed by atoms with Crippen LogP contribution in [-0.2, 0) is 9.47 Å². The number of rotatable bonds is 9. The predicted octanol–water partition coefficient (Wildman–Crippen LogP) is 0.163. The molecule has 0 aromatic heterocycles. The van der Waals surface area contributed by atoms with Crippen molar-refractivity contribution in [3.05, 3.63) is 0 Å². The lowest BCUT2D eigenvalue weighted by molar-refractivity contribution is -0.301. The van der Waals surface area contributed by atoms with Gasteiger partial charge in [0.05, 0.1) is 6.61 Å². The lowest BCUT2D eigenvalue weighted by atomic mass is 9.99. The van der Waals surface area contributed by atoms with Gasteiger partial charge in [-0.1, -0.05) is 39.0 Å². The highest BCUT2D eigenvalue weighted by Crippen LogP contribution is 2.22. The zero-order chi connectivity index (χ0) is 15.0. The van der Waals surface area contributed by atoms with Crippen LogP contribution in [0, 0.1) is 0 Å². The minimum Gasteiger partial charge on any atom is -0.394 e. The molecule has 1 rings (SSSR count). The maximum absolute atomic E-state index is 9.75. The molecular formula is C14H28O6. The molecule has 1 saturated heterocycles. The van der Waals surface area contributed by atoms with Crippen molar-refractivity contribution in [1.82, 2.24) is 0 Å². The molecule has 120 valence electrons. The lowest BCUT2D eigenvalue weighted by Crippen LogP contribution is -2.59. The zero-order valence-electron chi connectivity index (χ0n) is 12.1. The number of ether oxygens (including phenoxy) is 2. The first-order chi connectivity index (χ1) is 9.61. The van der Waals surface area contributed by atoms with Crippen molar-refractivity contribution in [2.24, 2.45) is 0 Å². The van der Waals surface area contributed by atoms with Gasteiger partial charge in [0.15, 0.2) is 6.29 Å². The van der Waals surface area contributed by atoms with Gasteiger partial charge in [0.25, 0.3) is 0 Å². The van der Waals surface area contributed by atoms with Crippen molar-refractivity contribution in [2.75, 3.05) is 13.2 Å². The molecule has 0 aromatic carbocycles. The van der Waals surface area contributed by atoms with Gasteiger partial charge in [-0.15, -0.1) is 0 Å². The topological polar surface area (TPSA) is 99.4 Å². The summed E-state index contributed by atoms with van der Waals surface area (Å²) in [6, 6.07) is 0. The van der Waals surface area contributed by atoms with E-state index in [0.29, 0.717) is 6.61 Å². The summed E-state index contributed by atoms with van der Waals surface area (Å²) in [6.45, 7) is 2.17. The maximum atomic E-state index is 9.75. The van der Waals surface area contributed by atoms with E-state index in [1.807, 2.05) is 0 Å².